The monoisotopic (exact) mass is 785 g/mol. The first-order chi connectivity index (χ1) is 29.5. The largest absolute Gasteiger partial charge is 0.456 e. The normalized spacial score (nSPS) is 13.0. The lowest BCUT2D eigenvalue weighted by Gasteiger charge is -2.28. The van der Waals surface area contributed by atoms with Crippen molar-refractivity contribution in [2.75, 3.05) is 4.90 Å². The van der Waals surface area contributed by atoms with Crippen LogP contribution in [0.2, 0.25) is 0 Å². The highest BCUT2D eigenvalue weighted by molar-refractivity contribution is 7.25. The Balaban J connectivity index is 0.989. The summed E-state index contributed by atoms with van der Waals surface area (Å²) in [6.07, 6.45) is 0. The molecule has 0 spiro atoms. The van der Waals surface area contributed by atoms with Crippen molar-refractivity contribution < 1.29 is 4.42 Å². The zero-order valence-corrected chi connectivity index (χ0v) is 34.1. The fourth-order valence-electron chi connectivity index (χ4n) is 9.74. The van der Waals surface area contributed by atoms with Gasteiger partial charge in [-0.05, 0) is 111 Å². The van der Waals surface area contributed by atoms with Gasteiger partial charge < -0.3 is 9.32 Å². The molecule has 2 nitrogen and oxygen atoms in total. The van der Waals surface area contributed by atoms with Crippen LogP contribution in [0.3, 0.4) is 0 Å². The van der Waals surface area contributed by atoms with Gasteiger partial charge in [0.25, 0.3) is 0 Å². The molecule has 0 amide bonds. The Hall–Kier alpha value is -7.20. The van der Waals surface area contributed by atoms with Crippen LogP contribution in [0.1, 0.15) is 25.0 Å². The topological polar surface area (TPSA) is 16.4 Å². The molecule has 0 saturated heterocycles. The van der Waals surface area contributed by atoms with Crippen molar-refractivity contribution in [3.63, 3.8) is 0 Å². The van der Waals surface area contributed by atoms with Crippen molar-refractivity contribution >= 4 is 70.5 Å². The second kappa shape index (κ2) is 13.4. The molecule has 12 rings (SSSR count). The molecule has 0 atom stereocenters. The number of nitrogens with zero attached hydrogens (tertiary/aromatic N) is 1. The number of rotatable bonds is 6. The molecule has 11 aromatic rings. The van der Waals surface area contributed by atoms with E-state index >= 15 is 0 Å². The highest BCUT2D eigenvalue weighted by Crippen LogP contribution is 2.51. The molecule has 284 valence electrons. The molecule has 0 aliphatic heterocycles. The zero-order chi connectivity index (χ0) is 40.0. The molecular formula is C57H39NOS. The summed E-state index contributed by atoms with van der Waals surface area (Å²) in [7, 11) is 0. The van der Waals surface area contributed by atoms with Crippen molar-refractivity contribution in [3.05, 3.63) is 211 Å². The van der Waals surface area contributed by atoms with Gasteiger partial charge in [0.2, 0.25) is 0 Å². The van der Waals surface area contributed by atoms with E-state index in [4.69, 9.17) is 4.42 Å². The summed E-state index contributed by atoms with van der Waals surface area (Å²) in [5.41, 5.74) is 17.6. The van der Waals surface area contributed by atoms with E-state index in [0.29, 0.717) is 0 Å². The van der Waals surface area contributed by atoms with Crippen LogP contribution in [0.15, 0.2) is 205 Å². The van der Waals surface area contributed by atoms with Crippen molar-refractivity contribution in [1.29, 1.82) is 0 Å². The van der Waals surface area contributed by atoms with E-state index in [0.717, 1.165) is 50.1 Å². The third-order valence-electron chi connectivity index (χ3n) is 12.7. The lowest BCUT2D eigenvalue weighted by atomic mass is 9.82. The Morgan fingerprint density at radius 3 is 1.83 bits per heavy atom. The van der Waals surface area contributed by atoms with Gasteiger partial charge in [-0.3, -0.25) is 0 Å². The van der Waals surface area contributed by atoms with Crippen LogP contribution in [0, 0.1) is 0 Å². The quantitative estimate of drug-likeness (QED) is 0.167. The van der Waals surface area contributed by atoms with Gasteiger partial charge in [-0.15, -0.1) is 11.3 Å². The fraction of sp³-hybridized carbons (Fsp3) is 0.0526. The first-order valence-electron chi connectivity index (χ1n) is 20.7. The number of fused-ring (bicyclic) bond motifs is 9. The van der Waals surface area contributed by atoms with E-state index < -0.39 is 0 Å². The molecule has 60 heavy (non-hydrogen) atoms. The third-order valence-corrected chi connectivity index (χ3v) is 13.8. The van der Waals surface area contributed by atoms with Crippen LogP contribution < -0.4 is 4.90 Å². The van der Waals surface area contributed by atoms with Crippen molar-refractivity contribution in [1.82, 2.24) is 0 Å². The molecule has 0 saturated carbocycles. The molecule has 2 heterocycles. The van der Waals surface area contributed by atoms with Crippen molar-refractivity contribution in [3.8, 4) is 44.5 Å². The summed E-state index contributed by atoms with van der Waals surface area (Å²) >= 11 is 1.86. The maximum absolute atomic E-state index is 6.27. The van der Waals surface area contributed by atoms with Crippen molar-refractivity contribution in [2.24, 2.45) is 0 Å². The Kier molecular flexibility index (Phi) is 7.79. The van der Waals surface area contributed by atoms with Crippen LogP contribution >= 0.6 is 11.3 Å². The minimum atomic E-state index is -0.0475. The van der Waals surface area contributed by atoms with Gasteiger partial charge in [-0.1, -0.05) is 153 Å². The first-order valence-corrected chi connectivity index (χ1v) is 21.5. The summed E-state index contributed by atoms with van der Waals surface area (Å²) in [4.78, 5) is 2.41. The standard InChI is InChI=1S/C57H39NOS/c1-57(2)49-17-7-3-13-44(49)48-34-39(27-33-50(48)57)42-12-4-8-18-51(42)58(40-28-22-36(23-29-40)38-26-32-46-45-14-6-10-21-54(45)60-55(46)35-38)41-30-24-37(25-31-41)43-16-11-20-53-56(43)47-15-5-9-19-52(47)59-53/h3-35H,1-2H3. The van der Waals surface area contributed by atoms with E-state index in [-0.39, 0.29) is 5.41 Å². The molecule has 0 N–H and O–H groups in total. The molecule has 0 radical (unpaired) electrons. The number of furan rings is 1. The second-order valence-electron chi connectivity index (χ2n) is 16.5. The minimum Gasteiger partial charge on any atom is -0.456 e. The third kappa shape index (κ3) is 5.40. The highest BCUT2D eigenvalue weighted by atomic mass is 32.1. The molecule has 0 unspecified atom stereocenters. The van der Waals surface area contributed by atoms with Gasteiger partial charge in [-0.2, -0.15) is 0 Å². The number of anilines is 3. The molecule has 2 aromatic heterocycles. The fourth-order valence-corrected chi connectivity index (χ4v) is 10.9. The predicted octanol–water partition coefficient (Wildman–Crippen LogP) is 16.7. The zero-order valence-electron chi connectivity index (χ0n) is 33.3. The number of hydrogen-bond acceptors (Lipinski definition) is 3. The van der Waals surface area contributed by atoms with Crippen LogP contribution in [0.25, 0.3) is 86.6 Å². The number of benzene rings is 9. The van der Waals surface area contributed by atoms with E-state index in [1.807, 2.05) is 23.5 Å². The molecule has 1 aliphatic carbocycles. The average molecular weight is 786 g/mol. The lowest BCUT2D eigenvalue weighted by Crippen LogP contribution is -2.14. The van der Waals surface area contributed by atoms with E-state index in [1.165, 1.54) is 64.7 Å². The van der Waals surface area contributed by atoms with Gasteiger partial charge >= 0.3 is 0 Å². The van der Waals surface area contributed by atoms with Gasteiger partial charge in [-0.25, -0.2) is 0 Å². The van der Waals surface area contributed by atoms with Crippen LogP contribution in [0.4, 0.5) is 17.1 Å². The number of para-hydroxylation sites is 2. The molecule has 1 aliphatic rings. The lowest BCUT2D eigenvalue weighted by molar-refractivity contribution is 0.660. The Bertz CT molecular complexity index is 3460. The van der Waals surface area contributed by atoms with Crippen LogP contribution in [-0.4, -0.2) is 0 Å². The van der Waals surface area contributed by atoms with Gasteiger partial charge in [0.15, 0.2) is 0 Å². The maximum atomic E-state index is 6.27. The maximum Gasteiger partial charge on any atom is 0.136 e. The first kappa shape index (κ1) is 34.8. The highest BCUT2D eigenvalue weighted by Gasteiger charge is 2.35. The van der Waals surface area contributed by atoms with E-state index in [9.17, 15) is 0 Å². The van der Waals surface area contributed by atoms with Gasteiger partial charge in [0, 0.05) is 53.3 Å². The summed E-state index contributed by atoms with van der Waals surface area (Å²) in [6.45, 7) is 4.69. The van der Waals surface area contributed by atoms with E-state index in [1.54, 1.807) is 0 Å². The minimum absolute atomic E-state index is 0.0475. The summed E-state index contributed by atoms with van der Waals surface area (Å²) in [5, 5.41) is 4.92. The number of hydrogen-bond donors (Lipinski definition) is 0. The van der Waals surface area contributed by atoms with Gasteiger partial charge in [0.1, 0.15) is 11.2 Å². The SMILES string of the molecule is CC1(C)c2ccccc2-c2cc(-c3ccccc3N(c3ccc(-c4ccc5c(c4)sc4ccccc45)cc3)c3ccc(-c4cccc5oc6ccccc6c45)cc3)ccc21. The van der Waals surface area contributed by atoms with Crippen molar-refractivity contribution in [2.45, 2.75) is 19.3 Å². The second-order valence-corrected chi connectivity index (χ2v) is 17.5. The molecule has 0 bridgehead atoms. The van der Waals surface area contributed by atoms with Gasteiger partial charge in [0.05, 0.1) is 5.69 Å². The Labute approximate surface area is 353 Å². The molecule has 3 heteroatoms. The Morgan fingerprint density at radius 1 is 0.400 bits per heavy atom. The van der Waals surface area contributed by atoms with Crippen LogP contribution in [-0.2, 0) is 5.41 Å². The summed E-state index contributed by atoms with van der Waals surface area (Å²) < 4.78 is 8.91. The molecule has 0 fully saturated rings. The predicted molar refractivity (Wildman–Crippen MR) is 255 cm³/mol. The summed E-state index contributed by atoms with van der Waals surface area (Å²) in [6, 6.07) is 73.2. The molecular weight excluding hydrogens is 747 g/mol. The summed E-state index contributed by atoms with van der Waals surface area (Å²) in [5.74, 6) is 0. The average Bonchev–Trinajstić information content (AvgIpc) is 3.94. The van der Waals surface area contributed by atoms with E-state index in [2.05, 4.69) is 207 Å². The number of thiophene rings is 1. The molecule has 9 aromatic carbocycles. The Morgan fingerprint density at radius 2 is 1.00 bits per heavy atom. The van der Waals surface area contributed by atoms with Crippen LogP contribution in [0.5, 0.6) is 0 Å². The smallest absolute Gasteiger partial charge is 0.136 e.